The van der Waals surface area contributed by atoms with Gasteiger partial charge in [0.1, 0.15) is 0 Å². The summed E-state index contributed by atoms with van der Waals surface area (Å²) < 4.78 is 11.0. The molecule has 0 unspecified atom stereocenters. The van der Waals surface area contributed by atoms with Crippen molar-refractivity contribution in [1.82, 2.24) is 4.98 Å². The summed E-state index contributed by atoms with van der Waals surface area (Å²) in [5, 5.41) is 5.69. The molecule has 0 saturated carbocycles. The zero-order valence-corrected chi connectivity index (χ0v) is 17.4. The number of rotatable bonds is 4. The molecule has 0 radical (unpaired) electrons. The fourth-order valence-electron chi connectivity index (χ4n) is 3.81. The van der Waals surface area contributed by atoms with Crippen LogP contribution in [0.3, 0.4) is 0 Å². The van der Waals surface area contributed by atoms with Gasteiger partial charge in [-0.3, -0.25) is 4.79 Å². The highest BCUT2D eigenvalue weighted by Crippen LogP contribution is 2.32. The zero-order chi connectivity index (χ0) is 21.2. The van der Waals surface area contributed by atoms with Crippen molar-refractivity contribution in [2.45, 2.75) is 0 Å². The van der Waals surface area contributed by atoms with E-state index < -0.39 is 0 Å². The second-order valence-electron chi connectivity index (χ2n) is 7.31. The molecule has 1 saturated heterocycles. The number of carbonyl (C=O) groups is 1. The van der Waals surface area contributed by atoms with Gasteiger partial charge in [-0.1, -0.05) is 48.0 Å². The number of benzene rings is 3. The third-order valence-corrected chi connectivity index (χ3v) is 5.59. The van der Waals surface area contributed by atoms with E-state index in [1.54, 1.807) is 6.07 Å². The number of aromatic nitrogens is 1. The topological polar surface area (TPSA) is 67.6 Å². The van der Waals surface area contributed by atoms with Crippen LogP contribution in [0.4, 0.5) is 11.4 Å². The molecule has 1 fully saturated rings. The summed E-state index contributed by atoms with van der Waals surface area (Å²) in [6, 6.07) is 19.4. The summed E-state index contributed by atoms with van der Waals surface area (Å²) in [7, 11) is 0. The van der Waals surface area contributed by atoms with Crippen molar-refractivity contribution in [3.8, 4) is 11.3 Å². The van der Waals surface area contributed by atoms with Gasteiger partial charge in [0.25, 0.3) is 5.91 Å². The third kappa shape index (κ3) is 4.00. The lowest BCUT2D eigenvalue weighted by Crippen LogP contribution is -2.36. The van der Waals surface area contributed by atoms with Gasteiger partial charge in [-0.05, 0) is 35.0 Å². The van der Waals surface area contributed by atoms with E-state index in [-0.39, 0.29) is 11.6 Å². The first-order chi connectivity index (χ1) is 15.2. The third-order valence-electron chi connectivity index (χ3n) is 5.35. The number of ether oxygens (including phenoxy) is 1. The van der Waals surface area contributed by atoms with Crippen LogP contribution in [0.2, 0.25) is 5.02 Å². The molecular formula is C24H20ClN3O3. The Hall–Kier alpha value is -3.35. The Kier molecular flexibility index (Phi) is 5.32. The van der Waals surface area contributed by atoms with Crippen LogP contribution in [-0.2, 0) is 4.74 Å². The van der Waals surface area contributed by atoms with Crippen molar-refractivity contribution in [3.05, 3.63) is 77.8 Å². The minimum Gasteiger partial charge on any atom is -0.443 e. The van der Waals surface area contributed by atoms with Crippen molar-refractivity contribution < 1.29 is 13.9 Å². The molecule has 5 rings (SSSR count). The molecule has 2 heterocycles. The van der Waals surface area contributed by atoms with Crippen LogP contribution in [0.5, 0.6) is 0 Å². The fourth-order valence-corrected chi connectivity index (χ4v) is 3.99. The van der Waals surface area contributed by atoms with Crippen LogP contribution in [-0.4, -0.2) is 37.2 Å². The van der Waals surface area contributed by atoms with Crippen LogP contribution in [0.25, 0.3) is 22.1 Å². The van der Waals surface area contributed by atoms with E-state index in [0.717, 1.165) is 35.1 Å². The van der Waals surface area contributed by atoms with E-state index in [0.29, 0.717) is 29.7 Å². The van der Waals surface area contributed by atoms with Crippen molar-refractivity contribution in [1.29, 1.82) is 0 Å². The Balaban J connectivity index is 1.46. The Labute approximate surface area is 184 Å². The number of oxazole rings is 1. The van der Waals surface area contributed by atoms with Gasteiger partial charge in [-0.25, -0.2) is 4.98 Å². The first kappa shape index (κ1) is 19.6. The number of halogens is 1. The van der Waals surface area contributed by atoms with Crippen LogP contribution in [0, 0.1) is 0 Å². The summed E-state index contributed by atoms with van der Waals surface area (Å²) in [5.41, 5.74) is 2.55. The normalized spacial score (nSPS) is 14.0. The fraction of sp³-hybridized carbons (Fsp3) is 0.167. The summed E-state index contributed by atoms with van der Waals surface area (Å²) >= 11 is 6.22. The summed E-state index contributed by atoms with van der Waals surface area (Å²) in [4.78, 5) is 19.5. The number of hydrogen-bond acceptors (Lipinski definition) is 5. The highest BCUT2D eigenvalue weighted by molar-refractivity contribution is 6.31. The molecular weight excluding hydrogens is 414 g/mol. The van der Waals surface area contributed by atoms with Gasteiger partial charge in [-0.2, -0.15) is 0 Å². The molecule has 4 aromatic rings. The van der Waals surface area contributed by atoms with Gasteiger partial charge in [0.15, 0.2) is 17.8 Å². The van der Waals surface area contributed by atoms with Gasteiger partial charge in [-0.15, -0.1) is 0 Å². The second kappa shape index (κ2) is 8.41. The van der Waals surface area contributed by atoms with Gasteiger partial charge in [0.2, 0.25) is 0 Å². The monoisotopic (exact) mass is 433 g/mol. The second-order valence-corrected chi connectivity index (χ2v) is 7.74. The van der Waals surface area contributed by atoms with E-state index in [9.17, 15) is 4.79 Å². The molecule has 1 amide bonds. The Morgan fingerprint density at radius 3 is 2.65 bits per heavy atom. The van der Waals surface area contributed by atoms with Crippen molar-refractivity contribution >= 4 is 39.7 Å². The number of fused-ring (bicyclic) bond motifs is 1. The molecule has 3 aromatic carbocycles. The molecule has 1 N–H and O–H groups in total. The molecule has 1 aliphatic rings. The number of nitrogens with one attached hydrogen (secondary N) is 1. The molecule has 1 aromatic heterocycles. The summed E-state index contributed by atoms with van der Waals surface area (Å²) in [5.74, 6) is 0.0758. The molecule has 0 bridgehead atoms. The Morgan fingerprint density at radius 2 is 1.81 bits per heavy atom. The first-order valence-corrected chi connectivity index (χ1v) is 10.4. The van der Waals surface area contributed by atoms with Crippen LogP contribution in [0.1, 0.15) is 10.5 Å². The lowest BCUT2D eigenvalue weighted by Gasteiger charge is -2.30. The summed E-state index contributed by atoms with van der Waals surface area (Å²) in [6.07, 6.45) is 1.29. The van der Waals surface area contributed by atoms with Gasteiger partial charge >= 0.3 is 0 Å². The molecule has 0 aliphatic carbocycles. The van der Waals surface area contributed by atoms with E-state index in [1.165, 1.54) is 6.39 Å². The van der Waals surface area contributed by atoms with E-state index in [4.69, 9.17) is 20.8 Å². The lowest BCUT2D eigenvalue weighted by molar-refractivity contribution is 0.102. The molecule has 156 valence electrons. The Bertz CT molecular complexity index is 1250. The Morgan fingerprint density at radius 1 is 1.00 bits per heavy atom. The number of anilines is 2. The summed E-state index contributed by atoms with van der Waals surface area (Å²) in [6.45, 7) is 2.78. The van der Waals surface area contributed by atoms with Gasteiger partial charge in [0.05, 0.1) is 24.6 Å². The van der Waals surface area contributed by atoms with Gasteiger partial charge < -0.3 is 19.4 Å². The minimum absolute atomic E-state index is 0.225. The maximum atomic E-state index is 13.2. The number of nitrogens with zero attached hydrogens (tertiary/aromatic N) is 2. The van der Waals surface area contributed by atoms with Crippen LogP contribution in [0.15, 0.2) is 71.5 Å². The zero-order valence-electron chi connectivity index (χ0n) is 16.7. The smallest absolute Gasteiger partial charge is 0.278 e. The predicted molar refractivity (Wildman–Crippen MR) is 122 cm³/mol. The molecule has 7 heteroatoms. The largest absolute Gasteiger partial charge is 0.443 e. The van der Waals surface area contributed by atoms with E-state index in [1.807, 2.05) is 54.6 Å². The predicted octanol–water partition coefficient (Wildman–Crippen LogP) is 5.24. The SMILES string of the molecule is O=C(Nc1cc(Cl)ccc1N1CCOCC1)c1ncoc1-c1ccc2ccccc2c1. The maximum absolute atomic E-state index is 13.2. The molecule has 0 atom stereocenters. The van der Waals surface area contributed by atoms with Crippen molar-refractivity contribution in [3.63, 3.8) is 0 Å². The van der Waals surface area contributed by atoms with Crippen molar-refractivity contribution in [2.75, 3.05) is 36.5 Å². The number of carbonyl (C=O) groups excluding carboxylic acids is 1. The lowest BCUT2D eigenvalue weighted by atomic mass is 10.0. The van der Waals surface area contributed by atoms with Crippen LogP contribution >= 0.6 is 11.6 Å². The molecule has 6 nitrogen and oxygen atoms in total. The standard InChI is InChI=1S/C24H20ClN3O3/c25-19-7-8-21(28-9-11-30-12-10-28)20(14-19)27-24(29)22-23(31-15-26-22)18-6-5-16-3-1-2-4-17(16)13-18/h1-8,13-15H,9-12H2,(H,27,29). The molecule has 0 spiro atoms. The average Bonchev–Trinajstić information content (AvgIpc) is 3.30. The number of morpholine rings is 1. The van der Waals surface area contributed by atoms with Crippen molar-refractivity contribution in [2.24, 2.45) is 0 Å². The molecule has 31 heavy (non-hydrogen) atoms. The highest BCUT2D eigenvalue weighted by Gasteiger charge is 2.22. The van der Waals surface area contributed by atoms with Crippen LogP contribution < -0.4 is 10.2 Å². The van der Waals surface area contributed by atoms with E-state index in [2.05, 4.69) is 15.2 Å². The first-order valence-electron chi connectivity index (χ1n) is 10.1. The number of hydrogen-bond donors (Lipinski definition) is 1. The minimum atomic E-state index is -0.353. The molecule has 1 aliphatic heterocycles. The highest BCUT2D eigenvalue weighted by atomic mass is 35.5. The maximum Gasteiger partial charge on any atom is 0.278 e. The quantitative estimate of drug-likeness (QED) is 0.477. The van der Waals surface area contributed by atoms with Gasteiger partial charge in [0, 0.05) is 23.7 Å². The van der Waals surface area contributed by atoms with E-state index >= 15 is 0 Å². The number of amides is 1. The average molecular weight is 434 g/mol.